The quantitative estimate of drug-likeness (QED) is 0.141. The summed E-state index contributed by atoms with van der Waals surface area (Å²) in [7, 11) is -3.92. The highest BCUT2D eigenvalue weighted by Crippen LogP contribution is 2.34. The fourth-order valence-corrected chi connectivity index (χ4v) is 7.20. The largest absolute Gasteiger partial charge is 0.489 e. The van der Waals surface area contributed by atoms with Gasteiger partial charge in [0, 0.05) is 11.3 Å². The molecule has 5 aromatic rings. The Bertz CT molecular complexity index is 1880. The molecule has 0 aliphatic rings. The number of ether oxygens (including phenoxy) is 2. The normalized spacial score (nSPS) is 11.7. The lowest BCUT2D eigenvalue weighted by Gasteiger charge is -2.11. The van der Waals surface area contributed by atoms with Crippen LogP contribution in [0.15, 0.2) is 82.2 Å². The fraction of sp³-hybridized carbons (Fsp3) is 0.219. The Hall–Kier alpha value is -3.92. The van der Waals surface area contributed by atoms with Crippen molar-refractivity contribution in [2.24, 2.45) is 0 Å². The second-order valence-corrected chi connectivity index (χ2v) is 12.8. The molecular formula is C32H28Cl2N2O6S. The van der Waals surface area contributed by atoms with Crippen molar-refractivity contribution < 1.29 is 27.2 Å². The third kappa shape index (κ3) is 6.69. The summed E-state index contributed by atoms with van der Waals surface area (Å²) in [6, 6.07) is 21.4. The number of carbonyl (C=O) groups is 1. The highest BCUT2D eigenvalue weighted by atomic mass is 35.5. The van der Waals surface area contributed by atoms with E-state index in [1.807, 2.05) is 62.4 Å². The molecule has 0 atom stereocenters. The number of aromatic nitrogens is 2. The zero-order valence-electron chi connectivity index (χ0n) is 23.6. The van der Waals surface area contributed by atoms with Crippen molar-refractivity contribution in [2.75, 3.05) is 6.61 Å². The molecule has 2 aromatic heterocycles. The van der Waals surface area contributed by atoms with Gasteiger partial charge in [-0.05, 0) is 60.5 Å². The van der Waals surface area contributed by atoms with Crippen molar-refractivity contribution in [3.63, 3.8) is 0 Å². The molecular weight excluding hydrogens is 611 g/mol. The van der Waals surface area contributed by atoms with Crippen molar-refractivity contribution in [2.45, 2.75) is 43.9 Å². The van der Waals surface area contributed by atoms with Gasteiger partial charge < -0.3 is 14.0 Å². The topological polar surface area (TPSA) is 109 Å². The highest BCUT2D eigenvalue weighted by molar-refractivity contribution is 7.90. The van der Waals surface area contributed by atoms with Crippen molar-refractivity contribution in [1.29, 1.82) is 0 Å². The van der Waals surface area contributed by atoms with E-state index >= 15 is 0 Å². The number of halogens is 2. The number of pyridine rings is 1. The van der Waals surface area contributed by atoms with E-state index in [9.17, 15) is 13.2 Å². The standard InChI is InChI=1S/C32H28Cl2N2O6S/c1-4-40-32(37)28-15-11-22-16-21(10-14-27(22)35-28)20-8-12-23(13-9-20)41-17-24-29(36-42-30(24)19(2)3)18-43(38,39)31-25(33)6-5-7-26(31)34/h5-16,19H,4,17-18H2,1-3H3. The number of nitrogens with zero attached hydrogens (tertiary/aromatic N) is 2. The van der Waals surface area contributed by atoms with Crippen LogP contribution in [0.3, 0.4) is 0 Å². The van der Waals surface area contributed by atoms with Crippen LogP contribution in [0.2, 0.25) is 10.0 Å². The zero-order valence-corrected chi connectivity index (χ0v) is 26.0. The summed E-state index contributed by atoms with van der Waals surface area (Å²) in [6.07, 6.45) is 0. The molecule has 11 heteroatoms. The molecule has 0 aliphatic heterocycles. The summed E-state index contributed by atoms with van der Waals surface area (Å²) in [5, 5.41) is 5.05. The van der Waals surface area contributed by atoms with Gasteiger partial charge in [-0.25, -0.2) is 18.2 Å². The maximum Gasteiger partial charge on any atom is 0.356 e. The number of sulfone groups is 1. The van der Waals surface area contributed by atoms with Crippen molar-refractivity contribution in [1.82, 2.24) is 10.1 Å². The Morgan fingerprint density at radius 2 is 1.65 bits per heavy atom. The van der Waals surface area contributed by atoms with Crippen LogP contribution in [-0.4, -0.2) is 31.1 Å². The van der Waals surface area contributed by atoms with Gasteiger partial charge in [0.1, 0.15) is 40.2 Å². The summed E-state index contributed by atoms with van der Waals surface area (Å²) in [6.45, 7) is 5.96. The van der Waals surface area contributed by atoms with E-state index in [4.69, 9.17) is 37.2 Å². The molecule has 222 valence electrons. The summed E-state index contributed by atoms with van der Waals surface area (Å²) in [4.78, 5) is 16.3. The third-order valence-electron chi connectivity index (χ3n) is 6.73. The summed E-state index contributed by atoms with van der Waals surface area (Å²) in [5.41, 5.74) is 3.70. The number of rotatable bonds is 10. The van der Waals surface area contributed by atoms with E-state index in [1.165, 1.54) is 12.1 Å². The summed E-state index contributed by atoms with van der Waals surface area (Å²) in [5.74, 6) is 0.189. The van der Waals surface area contributed by atoms with E-state index in [-0.39, 0.29) is 45.5 Å². The first-order chi connectivity index (χ1) is 20.6. The van der Waals surface area contributed by atoms with Gasteiger partial charge in [0.25, 0.3) is 0 Å². The molecule has 0 radical (unpaired) electrons. The van der Waals surface area contributed by atoms with Crippen LogP contribution in [0, 0.1) is 0 Å². The first-order valence-corrected chi connectivity index (χ1v) is 15.9. The van der Waals surface area contributed by atoms with Crippen LogP contribution in [0.4, 0.5) is 0 Å². The Balaban J connectivity index is 1.33. The minimum Gasteiger partial charge on any atom is -0.489 e. The highest BCUT2D eigenvalue weighted by Gasteiger charge is 2.28. The molecule has 0 fully saturated rings. The number of hydrogen-bond donors (Lipinski definition) is 0. The first-order valence-electron chi connectivity index (χ1n) is 13.5. The summed E-state index contributed by atoms with van der Waals surface area (Å²) < 4.78 is 43.2. The lowest BCUT2D eigenvalue weighted by Crippen LogP contribution is -2.10. The molecule has 0 spiro atoms. The molecule has 0 saturated carbocycles. The molecule has 3 aromatic carbocycles. The van der Waals surface area contributed by atoms with Gasteiger partial charge in [0.2, 0.25) is 0 Å². The maximum atomic E-state index is 13.3. The third-order valence-corrected chi connectivity index (χ3v) is 9.29. The van der Waals surface area contributed by atoms with Crippen LogP contribution < -0.4 is 4.74 Å². The number of hydrogen-bond acceptors (Lipinski definition) is 8. The SMILES string of the molecule is CCOC(=O)c1ccc2cc(-c3ccc(OCc4c(CS(=O)(=O)c5c(Cl)cccc5Cl)noc4C(C)C)cc3)ccc2n1. The van der Waals surface area contributed by atoms with E-state index in [0.29, 0.717) is 22.6 Å². The van der Waals surface area contributed by atoms with Crippen molar-refractivity contribution in [3.05, 3.63) is 106 Å². The molecule has 0 bridgehead atoms. The van der Waals surface area contributed by atoms with E-state index in [1.54, 1.807) is 19.1 Å². The number of benzene rings is 3. The molecule has 0 unspecified atom stereocenters. The predicted octanol–water partition coefficient (Wildman–Crippen LogP) is 8.05. The minimum atomic E-state index is -3.92. The van der Waals surface area contributed by atoms with E-state index < -0.39 is 21.6 Å². The molecule has 0 amide bonds. The van der Waals surface area contributed by atoms with Crippen LogP contribution in [0.5, 0.6) is 5.75 Å². The van der Waals surface area contributed by atoms with Crippen LogP contribution in [0.25, 0.3) is 22.0 Å². The molecule has 43 heavy (non-hydrogen) atoms. The van der Waals surface area contributed by atoms with Crippen LogP contribution in [0.1, 0.15) is 54.2 Å². The van der Waals surface area contributed by atoms with Gasteiger partial charge in [0.05, 0.1) is 27.7 Å². The van der Waals surface area contributed by atoms with Crippen molar-refractivity contribution >= 4 is 49.9 Å². The lowest BCUT2D eigenvalue weighted by atomic mass is 10.0. The first kappa shape index (κ1) is 30.5. The van der Waals surface area contributed by atoms with E-state index in [2.05, 4.69) is 10.1 Å². The van der Waals surface area contributed by atoms with Crippen LogP contribution in [-0.2, 0) is 26.9 Å². The van der Waals surface area contributed by atoms with Crippen molar-refractivity contribution in [3.8, 4) is 16.9 Å². The predicted molar refractivity (Wildman–Crippen MR) is 165 cm³/mol. The van der Waals surface area contributed by atoms with E-state index in [0.717, 1.165) is 16.5 Å². The monoisotopic (exact) mass is 638 g/mol. The van der Waals surface area contributed by atoms with Gasteiger partial charge in [-0.15, -0.1) is 0 Å². The fourth-order valence-electron chi connectivity index (χ4n) is 4.63. The van der Waals surface area contributed by atoms with Gasteiger partial charge in [-0.1, -0.05) is 72.5 Å². The Morgan fingerprint density at radius 1 is 0.953 bits per heavy atom. The molecule has 0 N–H and O–H groups in total. The Kier molecular flexibility index (Phi) is 9.05. The molecule has 2 heterocycles. The van der Waals surface area contributed by atoms with Crippen LogP contribution >= 0.6 is 23.2 Å². The Morgan fingerprint density at radius 3 is 2.33 bits per heavy atom. The number of carbonyl (C=O) groups excluding carboxylic acids is 1. The average Bonchev–Trinajstić information content (AvgIpc) is 3.37. The smallest absolute Gasteiger partial charge is 0.356 e. The van der Waals surface area contributed by atoms with Gasteiger partial charge in [0.15, 0.2) is 9.84 Å². The number of esters is 1. The molecule has 8 nitrogen and oxygen atoms in total. The van der Waals surface area contributed by atoms with Gasteiger partial charge in [-0.3, -0.25) is 0 Å². The second kappa shape index (κ2) is 12.8. The van der Waals surface area contributed by atoms with Gasteiger partial charge >= 0.3 is 5.97 Å². The maximum absolute atomic E-state index is 13.3. The minimum absolute atomic E-state index is 0.0436. The number of fused-ring (bicyclic) bond motifs is 1. The molecule has 5 rings (SSSR count). The molecule has 0 aliphatic carbocycles. The summed E-state index contributed by atoms with van der Waals surface area (Å²) >= 11 is 12.4. The molecule has 0 saturated heterocycles. The lowest BCUT2D eigenvalue weighted by molar-refractivity contribution is 0.0520. The second-order valence-electron chi connectivity index (χ2n) is 10.1. The zero-order chi connectivity index (χ0) is 30.7. The Labute approximate surface area is 259 Å². The van der Waals surface area contributed by atoms with Gasteiger partial charge in [-0.2, -0.15) is 0 Å². The average molecular weight is 640 g/mol.